The second kappa shape index (κ2) is 5.61. The van der Waals surface area contributed by atoms with Crippen LogP contribution >= 0.6 is 11.6 Å². The molecular formula is C11H14ClN3O. The zero-order valence-electron chi connectivity index (χ0n) is 9.54. The molecule has 0 unspecified atom stereocenters. The number of hydrogen-bond donors (Lipinski definition) is 1. The first-order valence-corrected chi connectivity index (χ1v) is 5.38. The molecule has 0 aliphatic carbocycles. The summed E-state index contributed by atoms with van der Waals surface area (Å²) < 4.78 is 0. The van der Waals surface area contributed by atoms with Crippen LogP contribution < -0.4 is 5.32 Å². The van der Waals surface area contributed by atoms with E-state index in [1.54, 1.807) is 26.1 Å². The Morgan fingerprint density at radius 1 is 1.62 bits per heavy atom. The smallest absolute Gasteiger partial charge is 0.224 e. The first-order chi connectivity index (χ1) is 7.52. The van der Waals surface area contributed by atoms with Crippen LogP contribution in [0.4, 0.5) is 5.69 Å². The van der Waals surface area contributed by atoms with Crippen LogP contribution in [0.5, 0.6) is 0 Å². The third-order valence-corrected chi connectivity index (χ3v) is 2.18. The lowest BCUT2D eigenvalue weighted by Crippen LogP contribution is -2.27. The first-order valence-electron chi connectivity index (χ1n) is 5.00. The Morgan fingerprint density at radius 2 is 2.31 bits per heavy atom. The Morgan fingerprint density at radius 3 is 2.94 bits per heavy atom. The van der Waals surface area contributed by atoms with Gasteiger partial charge in [-0.05, 0) is 19.4 Å². The molecule has 1 aromatic rings. The molecule has 1 heterocycles. The fourth-order valence-electron chi connectivity index (χ4n) is 1.11. The van der Waals surface area contributed by atoms with Gasteiger partial charge in [0.2, 0.25) is 5.91 Å². The number of carbonyl (C=O) groups excluding carboxylic acids is 1. The van der Waals surface area contributed by atoms with Gasteiger partial charge in [0, 0.05) is 18.7 Å². The highest BCUT2D eigenvalue weighted by Crippen LogP contribution is 2.20. The number of hydrogen-bond acceptors (Lipinski definition) is 3. The monoisotopic (exact) mass is 239 g/mol. The number of amides is 1. The largest absolute Gasteiger partial charge is 0.314 e. The molecule has 0 saturated carbocycles. The van der Waals surface area contributed by atoms with Crippen LogP contribution in [0.1, 0.15) is 25.8 Å². The maximum atomic E-state index is 11.1. The van der Waals surface area contributed by atoms with Gasteiger partial charge in [0.05, 0.1) is 5.69 Å². The maximum Gasteiger partial charge on any atom is 0.224 e. The average Bonchev–Trinajstić information content (AvgIpc) is 2.23. The van der Waals surface area contributed by atoms with Crippen LogP contribution in [0.3, 0.4) is 0 Å². The van der Waals surface area contributed by atoms with Crippen LogP contribution in [0, 0.1) is 6.92 Å². The molecule has 86 valence electrons. The van der Waals surface area contributed by atoms with Crippen molar-refractivity contribution in [1.29, 1.82) is 0 Å². The lowest BCUT2D eigenvalue weighted by molar-refractivity contribution is -0.119. The van der Waals surface area contributed by atoms with E-state index in [0.29, 0.717) is 23.1 Å². The zero-order chi connectivity index (χ0) is 12.1. The van der Waals surface area contributed by atoms with Gasteiger partial charge in [-0.25, -0.2) is 9.98 Å². The number of aromatic nitrogens is 1. The predicted octanol–water partition coefficient (Wildman–Crippen LogP) is 2.62. The topological polar surface area (TPSA) is 54.4 Å². The van der Waals surface area contributed by atoms with Crippen molar-refractivity contribution in [2.24, 2.45) is 4.99 Å². The number of aryl methyl sites for hydroxylation is 1. The molecule has 0 bridgehead atoms. The standard InChI is InChI=1S/C11H14ClN3O/c1-4-11(16)15-8(3)14-9-5-10(12)13-6-7(9)2/h5-6H,4H2,1-3H3,(H,13,14,15,16). The molecular weight excluding hydrogens is 226 g/mol. The number of carbonyl (C=O) groups is 1. The summed E-state index contributed by atoms with van der Waals surface area (Å²) in [4.78, 5) is 19.3. The van der Waals surface area contributed by atoms with E-state index in [-0.39, 0.29) is 5.91 Å². The van der Waals surface area contributed by atoms with Crippen molar-refractivity contribution in [3.8, 4) is 0 Å². The van der Waals surface area contributed by atoms with Crippen molar-refractivity contribution in [3.63, 3.8) is 0 Å². The molecule has 0 saturated heterocycles. The number of rotatable bonds is 2. The lowest BCUT2D eigenvalue weighted by Gasteiger charge is -2.04. The summed E-state index contributed by atoms with van der Waals surface area (Å²) in [6, 6.07) is 1.67. The molecule has 0 radical (unpaired) electrons. The van der Waals surface area contributed by atoms with Crippen LogP contribution in [0.2, 0.25) is 5.15 Å². The van der Waals surface area contributed by atoms with Gasteiger partial charge in [-0.1, -0.05) is 18.5 Å². The van der Waals surface area contributed by atoms with E-state index < -0.39 is 0 Å². The van der Waals surface area contributed by atoms with Gasteiger partial charge in [0.15, 0.2) is 0 Å². The summed E-state index contributed by atoms with van der Waals surface area (Å²) in [7, 11) is 0. The Balaban J connectivity index is 2.89. The van der Waals surface area contributed by atoms with Gasteiger partial charge >= 0.3 is 0 Å². The van der Waals surface area contributed by atoms with E-state index in [0.717, 1.165) is 5.56 Å². The van der Waals surface area contributed by atoms with Crippen molar-refractivity contribution in [1.82, 2.24) is 10.3 Å². The molecule has 16 heavy (non-hydrogen) atoms. The Kier molecular flexibility index (Phi) is 4.43. The summed E-state index contributed by atoms with van der Waals surface area (Å²) in [6.45, 7) is 5.41. The molecule has 0 aliphatic heterocycles. The molecule has 4 nitrogen and oxygen atoms in total. The van der Waals surface area contributed by atoms with E-state index in [1.165, 1.54) is 0 Å². The van der Waals surface area contributed by atoms with Gasteiger partial charge in [-0.2, -0.15) is 0 Å². The van der Waals surface area contributed by atoms with Crippen molar-refractivity contribution >= 4 is 29.0 Å². The van der Waals surface area contributed by atoms with E-state index in [2.05, 4.69) is 15.3 Å². The number of nitrogens with zero attached hydrogens (tertiary/aromatic N) is 2. The minimum absolute atomic E-state index is 0.0564. The minimum atomic E-state index is -0.0564. The van der Waals surface area contributed by atoms with E-state index in [1.807, 2.05) is 6.92 Å². The number of halogens is 1. The van der Waals surface area contributed by atoms with Crippen LogP contribution in [-0.2, 0) is 4.79 Å². The summed E-state index contributed by atoms with van der Waals surface area (Å²) in [5, 5.41) is 3.06. The molecule has 1 amide bonds. The van der Waals surface area contributed by atoms with Gasteiger partial charge in [0.25, 0.3) is 0 Å². The molecule has 0 atom stereocenters. The quantitative estimate of drug-likeness (QED) is 0.490. The predicted molar refractivity (Wildman–Crippen MR) is 65.2 cm³/mol. The zero-order valence-corrected chi connectivity index (χ0v) is 10.3. The molecule has 1 rings (SSSR count). The molecule has 5 heteroatoms. The van der Waals surface area contributed by atoms with Crippen molar-refractivity contribution < 1.29 is 4.79 Å². The van der Waals surface area contributed by atoms with Crippen LogP contribution in [-0.4, -0.2) is 16.7 Å². The first kappa shape index (κ1) is 12.6. The number of nitrogens with one attached hydrogen (secondary N) is 1. The van der Waals surface area contributed by atoms with Gasteiger partial charge in [-0.3, -0.25) is 4.79 Å². The molecule has 0 spiro atoms. The fraction of sp³-hybridized carbons (Fsp3) is 0.364. The lowest BCUT2D eigenvalue weighted by atomic mass is 10.3. The van der Waals surface area contributed by atoms with Crippen molar-refractivity contribution in [2.45, 2.75) is 27.2 Å². The highest BCUT2D eigenvalue weighted by molar-refractivity contribution is 6.29. The molecule has 1 aromatic heterocycles. The normalized spacial score (nSPS) is 11.4. The highest BCUT2D eigenvalue weighted by atomic mass is 35.5. The molecule has 1 N–H and O–H groups in total. The van der Waals surface area contributed by atoms with Crippen molar-refractivity contribution in [3.05, 3.63) is 23.0 Å². The second-order valence-corrected chi connectivity index (χ2v) is 3.78. The second-order valence-electron chi connectivity index (χ2n) is 3.39. The number of aliphatic imine (C=N–C) groups is 1. The van der Waals surface area contributed by atoms with E-state index in [9.17, 15) is 4.79 Å². The highest BCUT2D eigenvalue weighted by Gasteiger charge is 2.02. The van der Waals surface area contributed by atoms with Crippen molar-refractivity contribution in [2.75, 3.05) is 0 Å². The molecule has 0 aliphatic rings. The number of amidine groups is 1. The van der Waals surface area contributed by atoms with Gasteiger partial charge < -0.3 is 5.32 Å². The fourth-order valence-corrected chi connectivity index (χ4v) is 1.26. The van der Waals surface area contributed by atoms with Gasteiger partial charge in [-0.15, -0.1) is 0 Å². The van der Waals surface area contributed by atoms with E-state index >= 15 is 0 Å². The summed E-state index contributed by atoms with van der Waals surface area (Å²) in [6.07, 6.45) is 2.08. The summed E-state index contributed by atoms with van der Waals surface area (Å²) >= 11 is 5.77. The SMILES string of the molecule is CCC(=O)NC(C)=Nc1cc(Cl)ncc1C. The Labute approximate surface area is 99.8 Å². The Hall–Kier alpha value is -1.42. The number of pyridine rings is 1. The Bertz CT molecular complexity index is 429. The third kappa shape index (κ3) is 3.62. The summed E-state index contributed by atoms with van der Waals surface area (Å²) in [5.41, 5.74) is 1.63. The van der Waals surface area contributed by atoms with Crippen LogP contribution in [0.25, 0.3) is 0 Å². The minimum Gasteiger partial charge on any atom is -0.314 e. The maximum absolute atomic E-state index is 11.1. The van der Waals surface area contributed by atoms with Gasteiger partial charge in [0.1, 0.15) is 11.0 Å². The third-order valence-electron chi connectivity index (χ3n) is 1.97. The average molecular weight is 240 g/mol. The van der Waals surface area contributed by atoms with Crippen LogP contribution in [0.15, 0.2) is 17.3 Å². The molecule has 0 aromatic carbocycles. The molecule has 0 fully saturated rings. The summed E-state index contributed by atoms with van der Waals surface area (Å²) in [5.74, 6) is 0.497. The van der Waals surface area contributed by atoms with E-state index in [4.69, 9.17) is 11.6 Å².